The summed E-state index contributed by atoms with van der Waals surface area (Å²) in [7, 11) is 0. The van der Waals surface area contributed by atoms with Crippen molar-refractivity contribution in [2.24, 2.45) is 5.92 Å². The standard InChI is InChI=1S/C15H25N3O2/c1-3-17(4-2)14(19)6-5-13-8-11-18(12-9-13)15(20)7-10-16/h13H,3-9,11-12H2,1-2H3. The maximum Gasteiger partial charge on any atom is 0.236 e. The third-order valence-corrected chi connectivity index (χ3v) is 4.08. The summed E-state index contributed by atoms with van der Waals surface area (Å²) < 4.78 is 0. The third-order valence-electron chi connectivity index (χ3n) is 4.08. The molecule has 0 aromatic carbocycles. The first-order valence-electron chi connectivity index (χ1n) is 7.54. The molecule has 5 nitrogen and oxygen atoms in total. The molecule has 2 amide bonds. The van der Waals surface area contributed by atoms with E-state index >= 15 is 0 Å². The van der Waals surface area contributed by atoms with Crippen LogP contribution in [-0.4, -0.2) is 47.8 Å². The van der Waals surface area contributed by atoms with Gasteiger partial charge in [-0.05, 0) is 39.0 Å². The van der Waals surface area contributed by atoms with Gasteiger partial charge in [0, 0.05) is 32.6 Å². The molecule has 1 heterocycles. The molecular weight excluding hydrogens is 254 g/mol. The number of carbonyl (C=O) groups is 2. The molecule has 0 N–H and O–H groups in total. The Labute approximate surface area is 121 Å². The number of amides is 2. The van der Waals surface area contributed by atoms with Gasteiger partial charge in [-0.3, -0.25) is 9.59 Å². The molecule has 0 aromatic heterocycles. The van der Waals surface area contributed by atoms with Gasteiger partial charge in [-0.1, -0.05) is 0 Å². The molecule has 0 unspecified atom stereocenters. The van der Waals surface area contributed by atoms with E-state index < -0.39 is 0 Å². The van der Waals surface area contributed by atoms with Crippen molar-refractivity contribution in [3.8, 4) is 6.07 Å². The molecule has 0 spiro atoms. The average Bonchev–Trinajstić information content (AvgIpc) is 2.47. The molecule has 112 valence electrons. The van der Waals surface area contributed by atoms with Crippen molar-refractivity contribution in [1.82, 2.24) is 9.80 Å². The second-order valence-corrected chi connectivity index (χ2v) is 5.26. The summed E-state index contributed by atoms with van der Waals surface area (Å²) >= 11 is 0. The summed E-state index contributed by atoms with van der Waals surface area (Å²) in [6.45, 7) is 7.00. The lowest BCUT2D eigenvalue weighted by Gasteiger charge is -2.31. The summed E-state index contributed by atoms with van der Waals surface area (Å²) in [4.78, 5) is 27.1. The summed E-state index contributed by atoms with van der Waals surface area (Å²) in [5.74, 6) is 0.698. The minimum Gasteiger partial charge on any atom is -0.343 e. The zero-order chi connectivity index (χ0) is 15.0. The van der Waals surface area contributed by atoms with Gasteiger partial charge in [-0.2, -0.15) is 5.26 Å². The first kappa shape index (κ1) is 16.5. The van der Waals surface area contributed by atoms with E-state index in [1.54, 1.807) is 4.90 Å². The molecule has 0 saturated carbocycles. The second-order valence-electron chi connectivity index (χ2n) is 5.26. The Morgan fingerprint density at radius 3 is 2.35 bits per heavy atom. The van der Waals surface area contributed by atoms with Gasteiger partial charge in [0.25, 0.3) is 0 Å². The van der Waals surface area contributed by atoms with Gasteiger partial charge in [-0.15, -0.1) is 0 Å². The number of carbonyl (C=O) groups excluding carboxylic acids is 2. The maximum atomic E-state index is 11.9. The van der Waals surface area contributed by atoms with Gasteiger partial charge < -0.3 is 9.80 Å². The Morgan fingerprint density at radius 1 is 1.25 bits per heavy atom. The highest BCUT2D eigenvalue weighted by Gasteiger charge is 2.23. The quantitative estimate of drug-likeness (QED) is 0.744. The van der Waals surface area contributed by atoms with Crippen LogP contribution >= 0.6 is 0 Å². The fourth-order valence-electron chi connectivity index (χ4n) is 2.71. The molecule has 0 aromatic rings. The number of hydrogen-bond donors (Lipinski definition) is 0. The number of piperidine rings is 1. The Kier molecular flexibility index (Phi) is 7.06. The van der Waals surface area contributed by atoms with Crippen molar-refractivity contribution in [2.75, 3.05) is 26.2 Å². The van der Waals surface area contributed by atoms with Gasteiger partial charge >= 0.3 is 0 Å². The monoisotopic (exact) mass is 279 g/mol. The highest BCUT2D eigenvalue weighted by Crippen LogP contribution is 2.22. The van der Waals surface area contributed by atoms with Crippen molar-refractivity contribution in [1.29, 1.82) is 5.26 Å². The lowest BCUT2D eigenvalue weighted by atomic mass is 9.92. The molecule has 0 aliphatic carbocycles. The molecule has 5 heteroatoms. The molecule has 1 rings (SSSR count). The molecule has 1 aliphatic rings. The third kappa shape index (κ3) is 4.84. The van der Waals surface area contributed by atoms with Crippen molar-refractivity contribution in [2.45, 2.75) is 46.0 Å². The van der Waals surface area contributed by atoms with Crippen LogP contribution in [0.1, 0.15) is 46.0 Å². The lowest BCUT2D eigenvalue weighted by Crippen LogP contribution is -2.38. The maximum absolute atomic E-state index is 11.9. The van der Waals surface area contributed by atoms with Crippen LogP contribution < -0.4 is 0 Å². The topological polar surface area (TPSA) is 64.4 Å². The number of nitriles is 1. The minimum absolute atomic E-state index is 0.0227. The number of likely N-dealkylation sites (tertiary alicyclic amines) is 1. The SMILES string of the molecule is CCN(CC)C(=O)CCC1CCN(C(=O)CC#N)CC1. The largest absolute Gasteiger partial charge is 0.343 e. The number of hydrogen-bond acceptors (Lipinski definition) is 3. The molecule has 0 bridgehead atoms. The van der Waals surface area contributed by atoms with E-state index in [1.807, 2.05) is 24.8 Å². The van der Waals surface area contributed by atoms with Crippen molar-refractivity contribution in [3.05, 3.63) is 0 Å². The molecule has 0 atom stereocenters. The normalized spacial score (nSPS) is 15.8. The lowest BCUT2D eigenvalue weighted by molar-refractivity contribution is -0.133. The summed E-state index contributed by atoms with van der Waals surface area (Å²) in [6, 6.07) is 1.90. The van der Waals surface area contributed by atoms with Gasteiger partial charge in [0.15, 0.2) is 0 Å². The first-order valence-corrected chi connectivity index (χ1v) is 7.54. The zero-order valence-corrected chi connectivity index (χ0v) is 12.6. The number of nitrogens with zero attached hydrogens (tertiary/aromatic N) is 3. The van der Waals surface area contributed by atoms with Crippen LogP contribution in [0.2, 0.25) is 0 Å². The molecule has 0 radical (unpaired) electrons. The second kappa shape index (κ2) is 8.57. The van der Waals surface area contributed by atoms with Crippen molar-refractivity contribution >= 4 is 11.8 Å². The Hall–Kier alpha value is -1.57. The van der Waals surface area contributed by atoms with Crippen LogP contribution in [0.3, 0.4) is 0 Å². The fraction of sp³-hybridized carbons (Fsp3) is 0.800. The molecule has 1 aliphatic heterocycles. The molecule has 20 heavy (non-hydrogen) atoms. The van der Waals surface area contributed by atoms with Gasteiger partial charge in [-0.25, -0.2) is 0 Å². The predicted octanol–water partition coefficient (Wildman–Crippen LogP) is 1.79. The highest BCUT2D eigenvalue weighted by molar-refractivity contribution is 5.78. The fourth-order valence-corrected chi connectivity index (χ4v) is 2.71. The van der Waals surface area contributed by atoms with Crippen LogP contribution in [0.4, 0.5) is 0 Å². The van der Waals surface area contributed by atoms with E-state index in [4.69, 9.17) is 5.26 Å². The van der Waals surface area contributed by atoms with Crippen LogP contribution in [0.25, 0.3) is 0 Å². The van der Waals surface area contributed by atoms with Gasteiger partial charge in [0.1, 0.15) is 6.42 Å². The Morgan fingerprint density at radius 2 is 1.85 bits per heavy atom. The highest BCUT2D eigenvalue weighted by atomic mass is 16.2. The average molecular weight is 279 g/mol. The van der Waals surface area contributed by atoms with Crippen molar-refractivity contribution in [3.63, 3.8) is 0 Å². The first-order chi connectivity index (χ1) is 9.62. The Balaban J connectivity index is 2.28. The summed E-state index contributed by atoms with van der Waals surface area (Å²) in [5.41, 5.74) is 0. The van der Waals surface area contributed by atoms with E-state index in [-0.39, 0.29) is 18.2 Å². The van der Waals surface area contributed by atoms with E-state index in [0.29, 0.717) is 12.3 Å². The molecular formula is C15H25N3O2. The zero-order valence-electron chi connectivity index (χ0n) is 12.6. The van der Waals surface area contributed by atoms with Crippen LogP contribution in [0.15, 0.2) is 0 Å². The minimum atomic E-state index is -0.0647. The summed E-state index contributed by atoms with van der Waals surface area (Å²) in [6.07, 6.45) is 3.39. The summed E-state index contributed by atoms with van der Waals surface area (Å²) in [5, 5.41) is 8.52. The molecule has 1 saturated heterocycles. The smallest absolute Gasteiger partial charge is 0.236 e. The van der Waals surface area contributed by atoms with E-state index in [9.17, 15) is 9.59 Å². The number of rotatable bonds is 6. The van der Waals surface area contributed by atoms with Gasteiger partial charge in [0.2, 0.25) is 11.8 Å². The van der Waals surface area contributed by atoms with Crippen LogP contribution in [0, 0.1) is 17.2 Å². The van der Waals surface area contributed by atoms with E-state index in [1.165, 1.54) is 0 Å². The molecule has 1 fully saturated rings. The van der Waals surface area contributed by atoms with Crippen LogP contribution in [-0.2, 0) is 9.59 Å². The van der Waals surface area contributed by atoms with Gasteiger partial charge in [0.05, 0.1) is 6.07 Å². The predicted molar refractivity (Wildman–Crippen MR) is 76.7 cm³/mol. The van der Waals surface area contributed by atoms with Crippen molar-refractivity contribution < 1.29 is 9.59 Å². The Bertz CT molecular complexity index is 364. The van der Waals surface area contributed by atoms with E-state index in [0.717, 1.165) is 45.4 Å². The van der Waals surface area contributed by atoms with Crippen LogP contribution in [0.5, 0.6) is 0 Å². The van der Waals surface area contributed by atoms with E-state index in [2.05, 4.69) is 0 Å².